The van der Waals surface area contributed by atoms with E-state index in [9.17, 15) is 5.11 Å². The fraction of sp³-hybridized carbons (Fsp3) is 0.500. The van der Waals surface area contributed by atoms with Crippen molar-refractivity contribution in [3.05, 3.63) is 29.8 Å². The first-order valence-corrected chi connectivity index (χ1v) is 7.54. The number of ether oxygens (including phenoxy) is 1. The Hall–Kier alpha value is -1.22. The van der Waals surface area contributed by atoms with Gasteiger partial charge in [0.05, 0.1) is 11.6 Å². The number of hydrogen-bond donors (Lipinski definition) is 1. The summed E-state index contributed by atoms with van der Waals surface area (Å²) in [6, 6.07) is 9.06. The Morgan fingerprint density at radius 1 is 1.42 bits per heavy atom. The average molecular weight is 278 g/mol. The molecule has 1 aliphatic heterocycles. The predicted octanol–water partition coefficient (Wildman–Crippen LogP) is 1.35. The number of nitrogens with zero attached hydrogens (tertiary/aromatic N) is 2. The van der Waals surface area contributed by atoms with Crippen molar-refractivity contribution in [2.75, 3.05) is 37.7 Å². The highest BCUT2D eigenvalue weighted by atomic mass is 32.2. The molecule has 1 unspecified atom stereocenters. The SMILES string of the molecule is N#Cc1cccc(OCC(O)CN2CCSCC2)c1. The zero-order chi connectivity index (χ0) is 13.5. The second kappa shape index (κ2) is 7.39. The summed E-state index contributed by atoms with van der Waals surface area (Å²) in [5, 5.41) is 18.7. The third kappa shape index (κ3) is 4.75. The Bertz CT molecular complexity index is 441. The molecule has 1 aromatic carbocycles. The van der Waals surface area contributed by atoms with Gasteiger partial charge in [-0.2, -0.15) is 17.0 Å². The van der Waals surface area contributed by atoms with Crippen LogP contribution >= 0.6 is 11.8 Å². The molecule has 0 radical (unpaired) electrons. The van der Waals surface area contributed by atoms with Crippen molar-refractivity contribution in [2.24, 2.45) is 0 Å². The highest BCUT2D eigenvalue weighted by Crippen LogP contribution is 2.13. The van der Waals surface area contributed by atoms with Crippen LogP contribution < -0.4 is 4.74 Å². The van der Waals surface area contributed by atoms with Crippen LogP contribution in [0.25, 0.3) is 0 Å². The number of rotatable bonds is 5. The minimum absolute atomic E-state index is 0.262. The zero-order valence-electron chi connectivity index (χ0n) is 10.8. The van der Waals surface area contributed by atoms with Gasteiger partial charge in [-0.25, -0.2) is 0 Å². The van der Waals surface area contributed by atoms with Crippen LogP contribution in [0.1, 0.15) is 5.56 Å². The van der Waals surface area contributed by atoms with Crippen molar-refractivity contribution in [1.82, 2.24) is 4.90 Å². The fourth-order valence-corrected chi connectivity index (χ4v) is 2.96. The third-order valence-corrected chi connectivity index (χ3v) is 3.92. The Morgan fingerprint density at radius 3 is 2.95 bits per heavy atom. The molecule has 2 rings (SSSR count). The molecule has 4 nitrogen and oxygen atoms in total. The van der Waals surface area contributed by atoms with Gasteiger partial charge in [0, 0.05) is 31.1 Å². The molecule has 0 bridgehead atoms. The summed E-state index contributed by atoms with van der Waals surface area (Å²) in [6.45, 7) is 2.98. The number of aliphatic hydroxyl groups is 1. The van der Waals surface area contributed by atoms with Crippen molar-refractivity contribution in [3.63, 3.8) is 0 Å². The Balaban J connectivity index is 1.76. The van der Waals surface area contributed by atoms with Gasteiger partial charge in [-0.3, -0.25) is 4.90 Å². The maximum atomic E-state index is 9.95. The summed E-state index contributed by atoms with van der Waals surface area (Å²) in [5.74, 6) is 2.91. The van der Waals surface area contributed by atoms with Crippen LogP contribution in [0.5, 0.6) is 5.75 Å². The van der Waals surface area contributed by atoms with Crippen molar-refractivity contribution in [3.8, 4) is 11.8 Å². The molecular formula is C14H18N2O2S. The lowest BCUT2D eigenvalue weighted by Crippen LogP contribution is -2.40. The normalized spacial score (nSPS) is 17.7. The Morgan fingerprint density at radius 2 is 2.21 bits per heavy atom. The van der Waals surface area contributed by atoms with E-state index in [2.05, 4.69) is 11.0 Å². The van der Waals surface area contributed by atoms with Gasteiger partial charge in [-0.05, 0) is 18.2 Å². The quantitative estimate of drug-likeness (QED) is 0.881. The highest BCUT2D eigenvalue weighted by Gasteiger charge is 2.15. The van der Waals surface area contributed by atoms with Crippen molar-refractivity contribution < 1.29 is 9.84 Å². The molecule has 19 heavy (non-hydrogen) atoms. The summed E-state index contributed by atoms with van der Waals surface area (Å²) < 4.78 is 5.52. The first kappa shape index (κ1) is 14.2. The minimum atomic E-state index is -0.492. The smallest absolute Gasteiger partial charge is 0.120 e. The van der Waals surface area contributed by atoms with Gasteiger partial charge in [-0.15, -0.1) is 0 Å². The molecule has 1 aliphatic rings. The molecule has 5 heteroatoms. The standard InChI is InChI=1S/C14H18N2O2S/c15-9-12-2-1-3-14(8-12)18-11-13(17)10-16-4-6-19-7-5-16/h1-3,8,13,17H,4-7,10-11H2. The molecule has 1 fully saturated rings. The van der Waals surface area contributed by atoms with Gasteiger partial charge >= 0.3 is 0 Å². The van der Waals surface area contributed by atoms with Crippen LogP contribution in [0.15, 0.2) is 24.3 Å². The molecule has 0 aliphatic carbocycles. The van der Waals surface area contributed by atoms with E-state index in [1.54, 1.807) is 24.3 Å². The molecule has 0 aromatic heterocycles. The molecule has 102 valence electrons. The summed E-state index contributed by atoms with van der Waals surface area (Å²) in [5.41, 5.74) is 0.569. The molecule has 1 heterocycles. The molecule has 0 spiro atoms. The highest BCUT2D eigenvalue weighted by molar-refractivity contribution is 7.99. The van der Waals surface area contributed by atoms with E-state index in [4.69, 9.17) is 10.00 Å². The van der Waals surface area contributed by atoms with Crippen LogP contribution in [-0.2, 0) is 0 Å². The number of nitriles is 1. The van der Waals surface area contributed by atoms with Crippen LogP contribution in [0.2, 0.25) is 0 Å². The van der Waals surface area contributed by atoms with Gasteiger partial charge in [0.25, 0.3) is 0 Å². The van der Waals surface area contributed by atoms with E-state index in [0.29, 0.717) is 17.9 Å². The molecule has 0 amide bonds. The van der Waals surface area contributed by atoms with Crippen molar-refractivity contribution in [2.45, 2.75) is 6.10 Å². The fourth-order valence-electron chi connectivity index (χ4n) is 1.98. The average Bonchev–Trinajstić information content (AvgIpc) is 2.46. The van der Waals surface area contributed by atoms with E-state index >= 15 is 0 Å². The molecular weight excluding hydrogens is 260 g/mol. The number of benzene rings is 1. The van der Waals surface area contributed by atoms with Crippen LogP contribution in [-0.4, -0.2) is 53.9 Å². The van der Waals surface area contributed by atoms with Gasteiger partial charge in [0.1, 0.15) is 18.5 Å². The Kier molecular flexibility index (Phi) is 5.52. The van der Waals surface area contributed by atoms with Gasteiger partial charge in [0.15, 0.2) is 0 Å². The van der Waals surface area contributed by atoms with Crippen molar-refractivity contribution >= 4 is 11.8 Å². The summed E-state index contributed by atoms with van der Waals surface area (Å²) in [6.07, 6.45) is -0.492. The van der Waals surface area contributed by atoms with Gasteiger partial charge < -0.3 is 9.84 Å². The number of aliphatic hydroxyl groups excluding tert-OH is 1. The molecule has 1 atom stereocenters. The Labute approximate surface area is 118 Å². The number of thioether (sulfide) groups is 1. The van der Waals surface area contributed by atoms with E-state index in [0.717, 1.165) is 24.6 Å². The number of hydrogen-bond acceptors (Lipinski definition) is 5. The first-order valence-electron chi connectivity index (χ1n) is 6.39. The zero-order valence-corrected chi connectivity index (χ0v) is 11.6. The summed E-state index contributed by atoms with van der Waals surface area (Å²) in [7, 11) is 0. The summed E-state index contributed by atoms with van der Waals surface area (Å²) in [4.78, 5) is 2.26. The van der Waals surface area contributed by atoms with Gasteiger partial charge in [0.2, 0.25) is 0 Å². The van der Waals surface area contributed by atoms with E-state index in [-0.39, 0.29) is 6.61 Å². The van der Waals surface area contributed by atoms with E-state index in [1.807, 2.05) is 11.8 Å². The second-order valence-corrected chi connectivity index (χ2v) is 5.74. The van der Waals surface area contributed by atoms with Crippen LogP contribution in [0.3, 0.4) is 0 Å². The van der Waals surface area contributed by atoms with Crippen LogP contribution in [0, 0.1) is 11.3 Å². The molecule has 0 saturated carbocycles. The van der Waals surface area contributed by atoms with E-state index < -0.39 is 6.10 Å². The molecule has 1 N–H and O–H groups in total. The minimum Gasteiger partial charge on any atom is -0.491 e. The lowest BCUT2D eigenvalue weighted by molar-refractivity contribution is 0.0715. The summed E-state index contributed by atoms with van der Waals surface area (Å²) >= 11 is 1.95. The lowest BCUT2D eigenvalue weighted by Gasteiger charge is -2.28. The lowest BCUT2D eigenvalue weighted by atomic mass is 10.2. The topological polar surface area (TPSA) is 56.5 Å². The second-order valence-electron chi connectivity index (χ2n) is 4.52. The monoisotopic (exact) mass is 278 g/mol. The number of β-amino-alcohol motifs (C(OH)–C–C–N with tert-alkyl or cyclic N) is 1. The maximum absolute atomic E-state index is 9.95. The predicted molar refractivity (Wildman–Crippen MR) is 76.4 cm³/mol. The van der Waals surface area contributed by atoms with Crippen LogP contribution in [0.4, 0.5) is 0 Å². The first-order chi connectivity index (χ1) is 9.28. The van der Waals surface area contributed by atoms with Gasteiger partial charge in [-0.1, -0.05) is 6.07 Å². The van der Waals surface area contributed by atoms with E-state index in [1.165, 1.54) is 0 Å². The molecule has 1 aromatic rings. The maximum Gasteiger partial charge on any atom is 0.120 e. The van der Waals surface area contributed by atoms with Crippen molar-refractivity contribution in [1.29, 1.82) is 5.26 Å². The molecule has 1 saturated heterocycles. The largest absolute Gasteiger partial charge is 0.491 e. The third-order valence-electron chi connectivity index (χ3n) is 2.98.